The van der Waals surface area contributed by atoms with Gasteiger partial charge in [0.1, 0.15) is 16.4 Å². The molecule has 1 aliphatic carbocycles. The normalized spacial score (nSPS) is 15.6. The smallest absolute Gasteiger partial charge is 0.420 e. The molecule has 0 radical (unpaired) electrons. The van der Waals surface area contributed by atoms with Crippen LogP contribution in [0.25, 0.3) is 0 Å². The molecule has 1 aliphatic rings. The fraction of sp³-hybridized carbons (Fsp3) is 0.500. The minimum Gasteiger partial charge on any atom is -0.482 e. The quantitative estimate of drug-likeness (QED) is 0.436. The van der Waals surface area contributed by atoms with Crippen molar-refractivity contribution in [2.75, 3.05) is 26.5 Å². The summed E-state index contributed by atoms with van der Waals surface area (Å²) in [5, 5.41) is 0. The van der Waals surface area contributed by atoms with Gasteiger partial charge in [0.25, 0.3) is 5.91 Å². The number of likely N-dealkylation sites (N-methyl/N-ethyl adjacent to an activating group) is 1. The molecule has 1 saturated carbocycles. The molecule has 176 valence electrons. The van der Waals surface area contributed by atoms with Gasteiger partial charge >= 0.3 is 6.18 Å². The zero-order valence-corrected chi connectivity index (χ0v) is 18.4. The van der Waals surface area contributed by atoms with Crippen molar-refractivity contribution < 1.29 is 45.5 Å². The maximum Gasteiger partial charge on any atom is 0.420 e. The number of carbonyl (C=O) groups excluding carboxylic acids is 4. The van der Waals surface area contributed by atoms with Crippen molar-refractivity contribution in [1.82, 2.24) is 4.90 Å². The Morgan fingerprint density at radius 3 is 2.19 bits per heavy atom. The van der Waals surface area contributed by atoms with Crippen molar-refractivity contribution in [3.8, 4) is 5.75 Å². The molecule has 12 heteroatoms. The minimum atomic E-state index is -5.29. The molecule has 2 rings (SSSR count). The van der Waals surface area contributed by atoms with Gasteiger partial charge in [0.2, 0.25) is 0 Å². The van der Waals surface area contributed by atoms with Crippen molar-refractivity contribution in [3.63, 3.8) is 0 Å². The molecule has 32 heavy (non-hydrogen) atoms. The van der Waals surface area contributed by atoms with E-state index in [1.165, 1.54) is 7.05 Å². The van der Waals surface area contributed by atoms with Crippen LogP contribution in [0.2, 0.25) is 0 Å². The Morgan fingerprint density at radius 2 is 1.72 bits per heavy atom. The molecule has 0 aliphatic heterocycles. The van der Waals surface area contributed by atoms with Crippen LogP contribution < -0.4 is 4.74 Å². The van der Waals surface area contributed by atoms with E-state index >= 15 is 0 Å². The third-order valence-corrected chi connectivity index (χ3v) is 6.18. The highest BCUT2D eigenvalue weighted by Crippen LogP contribution is 2.43. The van der Waals surface area contributed by atoms with E-state index in [1.807, 2.05) is 0 Å². The Kier molecular flexibility index (Phi) is 7.48. The standard InChI is InChI=1S/C20H22F3NO7S/c1-4-24(2)15(27)10-31-19-14(32(3,29)30)9-8-11(17(19)20(21,22)23)18(28)16-12(25)6-5-7-13(16)26/h8-9,16H,4-7,10H2,1-3H3. The molecule has 0 atom stereocenters. The Balaban J connectivity index is 2.71. The minimum absolute atomic E-state index is 0.133. The van der Waals surface area contributed by atoms with E-state index in [2.05, 4.69) is 0 Å². The number of sulfone groups is 1. The molecule has 0 saturated heterocycles. The largest absolute Gasteiger partial charge is 0.482 e. The van der Waals surface area contributed by atoms with Crippen molar-refractivity contribution in [2.45, 2.75) is 37.3 Å². The lowest BCUT2D eigenvalue weighted by atomic mass is 9.80. The van der Waals surface area contributed by atoms with Gasteiger partial charge in [-0.2, -0.15) is 13.2 Å². The van der Waals surface area contributed by atoms with Crippen molar-refractivity contribution in [2.24, 2.45) is 5.92 Å². The second-order valence-corrected chi connectivity index (χ2v) is 9.35. The van der Waals surface area contributed by atoms with Crippen LogP contribution in [0.1, 0.15) is 42.1 Å². The number of ketones is 3. The van der Waals surface area contributed by atoms with E-state index in [9.17, 15) is 40.8 Å². The molecule has 1 aromatic rings. The number of alkyl halides is 3. The molecule has 1 amide bonds. The zero-order valence-electron chi connectivity index (χ0n) is 17.6. The lowest BCUT2D eigenvalue weighted by Gasteiger charge is -2.23. The maximum absolute atomic E-state index is 14.1. The Labute approximate surface area is 182 Å². The Morgan fingerprint density at radius 1 is 1.16 bits per heavy atom. The van der Waals surface area contributed by atoms with E-state index < -0.39 is 73.6 Å². The van der Waals surface area contributed by atoms with E-state index in [4.69, 9.17) is 4.74 Å². The fourth-order valence-corrected chi connectivity index (χ4v) is 4.07. The number of amides is 1. The summed E-state index contributed by atoms with van der Waals surface area (Å²) < 4.78 is 71.4. The summed E-state index contributed by atoms with van der Waals surface area (Å²) in [6.45, 7) is 0.908. The lowest BCUT2D eigenvalue weighted by molar-refractivity contribution is -0.141. The number of rotatable bonds is 7. The monoisotopic (exact) mass is 477 g/mol. The first kappa shape index (κ1) is 25.5. The SMILES string of the molecule is CCN(C)C(=O)COc1c(S(C)(=O)=O)ccc(C(=O)C2C(=O)CCCC2=O)c1C(F)(F)F. The zero-order chi connectivity index (χ0) is 24.4. The first-order valence-corrected chi connectivity index (χ1v) is 11.5. The number of ether oxygens (including phenoxy) is 1. The average Bonchev–Trinajstić information content (AvgIpc) is 2.68. The van der Waals surface area contributed by atoms with E-state index in [1.54, 1.807) is 6.92 Å². The summed E-state index contributed by atoms with van der Waals surface area (Å²) in [5.41, 5.74) is -2.81. The molecule has 0 heterocycles. The van der Waals surface area contributed by atoms with Crippen LogP contribution in [0.3, 0.4) is 0 Å². The molecular formula is C20H22F3NO7S. The van der Waals surface area contributed by atoms with Gasteiger partial charge in [-0.15, -0.1) is 0 Å². The number of hydrogen-bond donors (Lipinski definition) is 0. The third-order valence-electron chi connectivity index (χ3n) is 5.06. The first-order valence-electron chi connectivity index (χ1n) is 9.60. The van der Waals surface area contributed by atoms with Crippen LogP contribution in [0.5, 0.6) is 5.75 Å². The highest BCUT2D eigenvalue weighted by molar-refractivity contribution is 7.90. The lowest BCUT2D eigenvalue weighted by Crippen LogP contribution is -2.36. The van der Waals surface area contributed by atoms with Crippen LogP contribution in [-0.2, 0) is 30.4 Å². The number of carbonyl (C=O) groups is 4. The summed E-state index contributed by atoms with van der Waals surface area (Å²) in [7, 11) is -2.90. The third kappa shape index (κ3) is 5.34. The van der Waals surface area contributed by atoms with Gasteiger partial charge in [-0.3, -0.25) is 19.2 Å². The predicted molar refractivity (Wildman–Crippen MR) is 105 cm³/mol. The van der Waals surface area contributed by atoms with Gasteiger partial charge in [0.05, 0.1) is 0 Å². The van der Waals surface area contributed by atoms with E-state index in [0.717, 1.165) is 11.0 Å². The van der Waals surface area contributed by atoms with Gasteiger partial charge in [0, 0.05) is 38.3 Å². The van der Waals surface area contributed by atoms with Crippen LogP contribution >= 0.6 is 0 Å². The number of Topliss-reactive ketones (excluding diaryl/α,β-unsaturated/α-hetero) is 3. The Bertz CT molecular complexity index is 1050. The van der Waals surface area contributed by atoms with Crippen molar-refractivity contribution in [3.05, 3.63) is 23.3 Å². The Hall–Kier alpha value is -2.76. The van der Waals surface area contributed by atoms with Crippen LogP contribution in [0, 0.1) is 5.92 Å². The molecule has 0 spiro atoms. The summed E-state index contributed by atoms with van der Waals surface area (Å²) in [4.78, 5) is 49.4. The van der Waals surface area contributed by atoms with E-state index in [-0.39, 0.29) is 25.8 Å². The number of nitrogens with zero attached hydrogens (tertiary/aromatic N) is 1. The summed E-state index contributed by atoms with van der Waals surface area (Å²) >= 11 is 0. The second-order valence-electron chi connectivity index (χ2n) is 7.37. The van der Waals surface area contributed by atoms with E-state index in [0.29, 0.717) is 12.3 Å². The van der Waals surface area contributed by atoms with Crippen molar-refractivity contribution >= 4 is 33.1 Å². The first-order chi connectivity index (χ1) is 14.7. The molecule has 1 fully saturated rings. The summed E-state index contributed by atoms with van der Waals surface area (Å²) in [6.07, 6.45) is -4.72. The average molecular weight is 477 g/mol. The topological polar surface area (TPSA) is 115 Å². The van der Waals surface area contributed by atoms with Gasteiger partial charge in [0.15, 0.2) is 39.5 Å². The predicted octanol–water partition coefficient (Wildman–Crippen LogP) is 2.09. The molecule has 8 nitrogen and oxygen atoms in total. The summed E-state index contributed by atoms with van der Waals surface area (Å²) in [6, 6.07) is 1.35. The summed E-state index contributed by atoms with van der Waals surface area (Å²) in [5.74, 6) is -6.82. The molecule has 0 aromatic heterocycles. The van der Waals surface area contributed by atoms with Gasteiger partial charge in [-0.25, -0.2) is 8.42 Å². The molecule has 0 unspecified atom stereocenters. The number of halogens is 3. The molecule has 0 N–H and O–H groups in total. The van der Waals surface area contributed by atoms with Crippen LogP contribution in [-0.4, -0.2) is 63.0 Å². The maximum atomic E-state index is 14.1. The van der Waals surface area contributed by atoms with Crippen molar-refractivity contribution in [1.29, 1.82) is 0 Å². The highest BCUT2D eigenvalue weighted by atomic mass is 32.2. The highest BCUT2D eigenvalue weighted by Gasteiger charge is 2.45. The molecule has 1 aromatic carbocycles. The number of benzene rings is 1. The number of hydrogen-bond acceptors (Lipinski definition) is 7. The van der Waals surface area contributed by atoms with Gasteiger partial charge in [-0.05, 0) is 25.5 Å². The molecular weight excluding hydrogens is 455 g/mol. The molecule has 0 bridgehead atoms. The van der Waals surface area contributed by atoms with Crippen LogP contribution in [0.4, 0.5) is 13.2 Å². The van der Waals surface area contributed by atoms with Gasteiger partial charge < -0.3 is 9.64 Å². The second kappa shape index (κ2) is 9.39. The fourth-order valence-electron chi connectivity index (χ4n) is 3.26. The van der Waals surface area contributed by atoms with Gasteiger partial charge in [-0.1, -0.05) is 0 Å². The van der Waals surface area contributed by atoms with Crippen LogP contribution in [0.15, 0.2) is 17.0 Å².